The van der Waals surface area contributed by atoms with Crippen LogP contribution in [-0.2, 0) is 0 Å². The van der Waals surface area contributed by atoms with Crippen molar-refractivity contribution in [2.75, 3.05) is 39.3 Å². The molecule has 0 aromatic heterocycles. The van der Waals surface area contributed by atoms with Crippen LogP contribution in [0.3, 0.4) is 0 Å². The van der Waals surface area contributed by atoms with Crippen LogP contribution in [0.15, 0.2) is 0 Å². The molecular weight excluding hydrogens is 204 g/mol. The van der Waals surface area contributed by atoms with Gasteiger partial charge in [0.15, 0.2) is 0 Å². The molecule has 2 aliphatic rings. The van der Waals surface area contributed by atoms with E-state index in [2.05, 4.69) is 9.80 Å². The quantitative estimate of drug-likeness (QED) is 0.705. The number of piperidine rings is 1. The molecule has 2 fully saturated rings. The van der Waals surface area contributed by atoms with Crippen LogP contribution in [0.2, 0.25) is 0 Å². The zero-order valence-corrected chi connectivity index (χ0v) is 10.0. The van der Waals surface area contributed by atoms with Crippen LogP contribution in [-0.4, -0.2) is 71.5 Å². The molecule has 0 radical (unpaired) electrons. The largest absolute Gasteiger partial charge is 0.394 e. The molecule has 0 aliphatic carbocycles. The average Bonchev–Trinajstić information content (AvgIpc) is 2.78. The number of hydrogen-bond acceptors (Lipinski definition) is 4. The van der Waals surface area contributed by atoms with Crippen LogP contribution < -0.4 is 0 Å². The normalized spacial score (nSPS) is 30.8. The molecule has 2 heterocycles. The predicted molar refractivity (Wildman–Crippen MR) is 63.4 cm³/mol. The van der Waals surface area contributed by atoms with Gasteiger partial charge in [-0.15, -0.1) is 0 Å². The Labute approximate surface area is 97.9 Å². The van der Waals surface area contributed by atoms with Crippen molar-refractivity contribution in [1.29, 1.82) is 0 Å². The van der Waals surface area contributed by atoms with Crippen LogP contribution >= 0.6 is 0 Å². The molecule has 2 N–H and O–H groups in total. The fourth-order valence-electron chi connectivity index (χ4n) is 2.92. The maximum Gasteiger partial charge on any atom is 0.0897 e. The second-order valence-corrected chi connectivity index (χ2v) is 5.14. The highest BCUT2D eigenvalue weighted by Gasteiger charge is 2.28. The van der Waals surface area contributed by atoms with E-state index in [0.717, 1.165) is 13.1 Å². The number of rotatable bonds is 4. The summed E-state index contributed by atoms with van der Waals surface area (Å²) in [5.74, 6) is 0. The molecule has 2 rings (SSSR count). The summed E-state index contributed by atoms with van der Waals surface area (Å²) in [7, 11) is 0. The average molecular weight is 228 g/mol. The molecular formula is C12H24N2O2. The zero-order valence-electron chi connectivity index (χ0n) is 10.0. The number of hydrogen-bond donors (Lipinski definition) is 2. The first kappa shape index (κ1) is 12.3. The molecule has 0 spiro atoms. The fraction of sp³-hybridized carbons (Fsp3) is 1.00. The lowest BCUT2D eigenvalue weighted by molar-refractivity contribution is 0.0627. The summed E-state index contributed by atoms with van der Waals surface area (Å²) in [6, 6.07) is 0.686. The molecule has 16 heavy (non-hydrogen) atoms. The Balaban J connectivity index is 1.74. The van der Waals surface area contributed by atoms with Gasteiger partial charge in [-0.25, -0.2) is 0 Å². The summed E-state index contributed by atoms with van der Waals surface area (Å²) in [6.07, 6.45) is 4.72. The van der Waals surface area contributed by atoms with Gasteiger partial charge in [-0.2, -0.15) is 0 Å². The minimum absolute atomic E-state index is 0.120. The minimum atomic E-state index is -0.569. The Morgan fingerprint density at radius 2 is 1.88 bits per heavy atom. The number of aliphatic hydroxyl groups excluding tert-OH is 2. The van der Waals surface area contributed by atoms with Gasteiger partial charge >= 0.3 is 0 Å². The molecule has 0 aromatic rings. The Hall–Kier alpha value is -0.160. The lowest BCUT2D eigenvalue weighted by Gasteiger charge is -2.32. The first-order chi connectivity index (χ1) is 7.79. The second-order valence-electron chi connectivity index (χ2n) is 5.14. The third-order valence-electron chi connectivity index (χ3n) is 3.83. The smallest absolute Gasteiger partial charge is 0.0897 e. The van der Waals surface area contributed by atoms with Crippen LogP contribution in [0.25, 0.3) is 0 Å². The van der Waals surface area contributed by atoms with Gasteiger partial charge < -0.3 is 10.2 Å². The predicted octanol–water partition coefficient (Wildman–Crippen LogP) is -0.100. The van der Waals surface area contributed by atoms with Gasteiger partial charge in [0.05, 0.1) is 12.7 Å². The number of β-amino-alcohol motifs (C(OH)–C–C–N with tert-alkyl or cyclic N) is 1. The van der Waals surface area contributed by atoms with Gasteiger partial charge in [0.25, 0.3) is 0 Å². The van der Waals surface area contributed by atoms with Crippen molar-refractivity contribution < 1.29 is 10.2 Å². The molecule has 94 valence electrons. The molecule has 2 saturated heterocycles. The summed E-state index contributed by atoms with van der Waals surface area (Å²) < 4.78 is 0. The first-order valence-electron chi connectivity index (χ1n) is 6.55. The number of aliphatic hydroxyl groups is 2. The van der Waals surface area contributed by atoms with Crippen LogP contribution in [0.1, 0.15) is 25.7 Å². The van der Waals surface area contributed by atoms with Gasteiger partial charge in [0.2, 0.25) is 0 Å². The van der Waals surface area contributed by atoms with Gasteiger partial charge in [-0.05, 0) is 38.9 Å². The van der Waals surface area contributed by atoms with Gasteiger partial charge in [-0.1, -0.05) is 6.42 Å². The first-order valence-corrected chi connectivity index (χ1v) is 6.55. The molecule has 2 unspecified atom stereocenters. The lowest BCUT2D eigenvalue weighted by Crippen LogP contribution is -2.42. The maximum atomic E-state index is 9.41. The van der Waals surface area contributed by atoms with E-state index in [9.17, 15) is 5.11 Å². The molecule has 0 saturated carbocycles. The Bertz CT molecular complexity index is 207. The van der Waals surface area contributed by atoms with Crippen molar-refractivity contribution in [2.45, 2.75) is 37.8 Å². The van der Waals surface area contributed by atoms with Gasteiger partial charge in [-0.3, -0.25) is 9.80 Å². The Morgan fingerprint density at radius 3 is 2.56 bits per heavy atom. The van der Waals surface area contributed by atoms with E-state index in [1.165, 1.54) is 38.8 Å². The molecule has 0 amide bonds. The third kappa shape index (κ3) is 3.17. The molecule has 4 heteroatoms. The van der Waals surface area contributed by atoms with Crippen molar-refractivity contribution in [3.63, 3.8) is 0 Å². The highest BCUT2D eigenvalue weighted by atomic mass is 16.3. The highest BCUT2D eigenvalue weighted by Crippen LogP contribution is 2.20. The van der Waals surface area contributed by atoms with E-state index in [1.54, 1.807) is 0 Å². The lowest BCUT2D eigenvalue weighted by atomic mass is 10.1. The van der Waals surface area contributed by atoms with Gasteiger partial charge in [0.1, 0.15) is 0 Å². The molecule has 4 nitrogen and oxygen atoms in total. The summed E-state index contributed by atoms with van der Waals surface area (Å²) in [5, 5.41) is 18.2. The van der Waals surface area contributed by atoms with Crippen molar-refractivity contribution in [1.82, 2.24) is 9.80 Å². The summed E-state index contributed by atoms with van der Waals surface area (Å²) >= 11 is 0. The number of likely N-dealkylation sites (tertiary alicyclic amines) is 2. The highest BCUT2D eigenvalue weighted by molar-refractivity contribution is 4.85. The van der Waals surface area contributed by atoms with E-state index < -0.39 is 6.10 Å². The van der Waals surface area contributed by atoms with E-state index in [-0.39, 0.29) is 6.61 Å². The van der Waals surface area contributed by atoms with E-state index in [4.69, 9.17) is 5.11 Å². The zero-order chi connectivity index (χ0) is 11.4. The summed E-state index contributed by atoms with van der Waals surface area (Å²) in [4.78, 5) is 4.88. The molecule has 2 aliphatic heterocycles. The molecule has 2 atom stereocenters. The van der Waals surface area contributed by atoms with Crippen molar-refractivity contribution >= 4 is 0 Å². The van der Waals surface area contributed by atoms with Crippen LogP contribution in [0.4, 0.5) is 0 Å². The van der Waals surface area contributed by atoms with Crippen LogP contribution in [0, 0.1) is 0 Å². The van der Waals surface area contributed by atoms with Crippen molar-refractivity contribution in [3.05, 3.63) is 0 Å². The van der Waals surface area contributed by atoms with E-state index in [0.29, 0.717) is 12.6 Å². The fourth-order valence-corrected chi connectivity index (χ4v) is 2.92. The van der Waals surface area contributed by atoms with E-state index >= 15 is 0 Å². The maximum absolute atomic E-state index is 9.41. The topological polar surface area (TPSA) is 46.9 Å². The van der Waals surface area contributed by atoms with Crippen molar-refractivity contribution in [2.24, 2.45) is 0 Å². The SMILES string of the molecule is OCC(O)CN1CCC(N2CCCCC2)C1. The van der Waals surface area contributed by atoms with Gasteiger partial charge in [0, 0.05) is 19.1 Å². The minimum Gasteiger partial charge on any atom is -0.394 e. The van der Waals surface area contributed by atoms with Crippen molar-refractivity contribution in [3.8, 4) is 0 Å². The van der Waals surface area contributed by atoms with E-state index in [1.807, 2.05) is 0 Å². The Morgan fingerprint density at radius 1 is 1.12 bits per heavy atom. The Kier molecular flexibility index (Phi) is 4.58. The summed E-state index contributed by atoms with van der Waals surface area (Å²) in [5.41, 5.74) is 0. The molecule has 0 aromatic carbocycles. The number of nitrogens with zero attached hydrogens (tertiary/aromatic N) is 2. The standard InChI is InChI=1S/C12H24N2O2/c15-10-12(16)9-13-7-4-11(8-13)14-5-2-1-3-6-14/h11-12,15-16H,1-10H2. The third-order valence-corrected chi connectivity index (χ3v) is 3.83. The second kappa shape index (κ2) is 5.96. The van der Waals surface area contributed by atoms with Crippen LogP contribution in [0.5, 0.6) is 0 Å². The molecule has 0 bridgehead atoms. The summed E-state index contributed by atoms with van der Waals surface area (Å²) in [6.45, 7) is 5.14. The monoisotopic (exact) mass is 228 g/mol.